The van der Waals surface area contributed by atoms with E-state index >= 15 is 0 Å². The summed E-state index contributed by atoms with van der Waals surface area (Å²) in [7, 11) is 0. The molecule has 2 aromatic rings. The smallest absolute Gasteiger partial charge is 0.318 e. The molecule has 0 aliphatic rings. The largest absolute Gasteiger partial charge is 0.450 e. The fourth-order valence-electron chi connectivity index (χ4n) is 1.87. The van der Waals surface area contributed by atoms with Gasteiger partial charge in [-0.05, 0) is 30.3 Å². The second-order valence-corrected chi connectivity index (χ2v) is 5.44. The Morgan fingerprint density at radius 3 is 2.20 bits per heavy atom. The highest BCUT2D eigenvalue weighted by Gasteiger charge is 2.21. The van der Waals surface area contributed by atoms with Gasteiger partial charge in [0.15, 0.2) is 0 Å². The number of nitro benzene ring substituents is 2. The molecule has 0 bridgehead atoms. The number of hydrogen-bond acceptors (Lipinski definition) is 6. The van der Waals surface area contributed by atoms with Crippen molar-refractivity contribution in [2.45, 2.75) is 13.8 Å². The zero-order valence-electron chi connectivity index (χ0n) is 13.5. The van der Waals surface area contributed by atoms with Crippen molar-refractivity contribution in [1.82, 2.24) is 0 Å². The molecule has 130 valence electrons. The minimum atomic E-state index is -0.750. The lowest BCUT2D eigenvalue weighted by atomic mass is 10.2. The number of nitrogens with zero attached hydrogens (tertiary/aromatic N) is 2. The summed E-state index contributed by atoms with van der Waals surface area (Å²) in [6, 6.07) is 9.37. The average molecular weight is 345 g/mol. The molecule has 25 heavy (non-hydrogen) atoms. The Hall–Kier alpha value is -3.49. The first-order valence-corrected chi connectivity index (χ1v) is 7.29. The van der Waals surface area contributed by atoms with Gasteiger partial charge >= 0.3 is 5.69 Å². The minimum Gasteiger partial charge on any atom is -0.450 e. The predicted molar refractivity (Wildman–Crippen MR) is 89.7 cm³/mol. The number of non-ortho nitro benzene ring substituents is 1. The molecular formula is C16H15N3O6. The molecule has 0 saturated carbocycles. The lowest BCUT2D eigenvalue weighted by Gasteiger charge is -2.09. The number of anilines is 1. The first-order chi connectivity index (χ1) is 11.8. The van der Waals surface area contributed by atoms with E-state index in [0.717, 1.165) is 12.1 Å². The van der Waals surface area contributed by atoms with E-state index in [1.54, 1.807) is 26.0 Å². The highest BCUT2D eigenvalue weighted by atomic mass is 16.6. The Morgan fingerprint density at radius 1 is 1.04 bits per heavy atom. The zero-order valence-corrected chi connectivity index (χ0v) is 13.5. The van der Waals surface area contributed by atoms with E-state index in [-0.39, 0.29) is 17.6 Å². The fraction of sp³-hybridized carbons (Fsp3) is 0.188. The van der Waals surface area contributed by atoms with Crippen molar-refractivity contribution in [1.29, 1.82) is 0 Å². The lowest BCUT2D eigenvalue weighted by molar-refractivity contribution is -0.394. The molecule has 0 aliphatic heterocycles. The maximum atomic E-state index is 11.6. The van der Waals surface area contributed by atoms with Crippen molar-refractivity contribution in [2.24, 2.45) is 5.92 Å². The summed E-state index contributed by atoms with van der Waals surface area (Å²) >= 11 is 0. The second kappa shape index (κ2) is 7.39. The van der Waals surface area contributed by atoms with Crippen molar-refractivity contribution < 1.29 is 19.4 Å². The lowest BCUT2D eigenvalue weighted by Crippen LogP contribution is -2.17. The first kappa shape index (κ1) is 17.9. The van der Waals surface area contributed by atoms with E-state index in [1.165, 1.54) is 18.2 Å². The molecule has 9 nitrogen and oxygen atoms in total. The van der Waals surface area contributed by atoms with Crippen LogP contribution < -0.4 is 10.1 Å². The van der Waals surface area contributed by atoms with Gasteiger partial charge in [0.2, 0.25) is 11.7 Å². The van der Waals surface area contributed by atoms with E-state index < -0.39 is 21.2 Å². The molecule has 0 fully saturated rings. The van der Waals surface area contributed by atoms with E-state index in [1.807, 2.05) is 0 Å². The van der Waals surface area contributed by atoms with Gasteiger partial charge in [0, 0.05) is 17.7 Å². The number of hydrogen-bond donors (Lipinski definition) is 1. The Morgan fingerprint density at radius 2 is 1.68 bits per heavy atom. The van der Waals surface area contributed by atoms with Crippen LogP contribution in [0.4, 0.5) is 17.1 Å². The molecule has 0 spiro atoms. The molecule has 1 N–H and O–H groups in total. The minimum absolute atomic E-state index is 0.116. The highest BCUT2D eigenvalue weighted by molar-refractivity contribution is 5.92. The number of nitro groups is 2. The summed E-state index contributed by atoms with van der Waals surface area (Å²) < 4.78 is 5.44. The van der Waals surface area contributed by atoms with Crippen LogP contribution in [0, 0.1) is 26.1 Å². The molecule has 2 rings (SSSR count). The van der Waals surface area contributed by atoms with E-state index in [9.17, 15) is 25.0 Å². The molecule has 0 unspecified atom stereocenters. The predicted octanol–water partition coefficient (Wildman–Crippen LogP) is 3.89. The number of carbonyl (C=O) groups excluding carboxylic acids is 1. The average Bonchev–Trinajstić information content (AvgIpc) is 2.56. The number of amides is 1. The SMILES string of the molecule is CC(C)C(=O)Nc1ccc(Oc2ccc([N+](=O)[O-])cc2[N+](=O)[O-])cc1. The second-order valence-electron chi connectivity index (χ2n) is 5.44. The Labute approximate surface area is 142 Å². The van der Waals surface area contributed by atoms with Crippen LogP contribution in [0.2, 0.25) is 0 Å². The third kappa shape index (κ3) is 4.50. The monoisotopic (exact) mass is 345 g/mol. The number of carbonyl (C=O) groups is 1. The van der Waals surface area contributed by atoms with Gasteiger partial charge in [-0.2, -0.15) is 0 Å². The third-order valence-corrected chi connectivity index (χ3v) is 3.22. The summed E-state index contributed by atoms with van der Waals surface area (Å²) in [5.74, 6) is -0.132. The molecule has 2 aromatic carbocycles. The molecule has 9 heteroatoms. The summed E-state index contributed by atoms with van der Waals surface area (Å²) in [5, 5.41) is 24.5. The summed E-state index contributed by atoms with van der Waals surface area (Å²) in [4.78, 5) is 32.0. The van der Waals surface area contributed by atoms with E-state index in [2.05, 4.69) is 5.32 Å². The van der Waals surface area contributed by atoms with E-state index in [4.69, 9.17) is 4.74 Å². The summed E-state index contributed by atoms with van der Waals surface area (Å²) in [6.07, 6.45) is 0. The van der Waals surface area contributed by atoms with Gasteiger partial charge in [-0.15, -0.1) is 0 Å². The van der Waals surface area contributed by atoms with Crippen LogP contribution in [0.15, 0.2) is 42.5 Å². The summed E-state index contributed by atoms with van der Waals surface area (Å²) in [5.41, 5.74) is -0.346. The van der Waals surface area contributed by atoms with Crippen molar-refractivity contribution in [3.63, 3.8) is 0 Å². The normalized spacial score (nSPS) is 10.4. The van der Waals surface area contributed by atoms with Crippen molar-refractivity contribution in [3.05, 3.63) is 62.7 Å². The standard InChI is InChI=1S/C16H15N3O6/c1-10(2)16(20)17-11-3-6-13(7-4-11)25-15-8-5-12(18(21)22)9-14(15)19(23)24/h3-10H,1-2H3,(H,17,20). The number of ether oxygens (including phenoxy) is 1. The maximum absolute atomic E-state index is 11.6. The number of rotatable bonds is 6. The molecule has 0 aliphatic carbocycles. The third-order valence-electron chi connectivity index (χ3n) is 3.22. The Kier molecular flexibility index (Phi) is 5.28. The van der Waals surface area contributed by atoms with Gasteiger partial charge in [0.1, 0.15) is 5.75 Å². The van der Waals surface area contributed by atoms with Gasteiger partial charge < -0.3 is 10.1 Å². The van der Waals surface area contributed by atoms with Crippen molar-refractivity contribution in [2.75, 3.05) is 5.32 Å². The highest BCUT2D eigenvalue weighted by Crippen LogP contribution is 2.34. The van der Waals surface area contributed by atoms with Gasteiger partial charge in [-0.1, -0.05) is 13.8 Å². The molecule has 0 radical (unpaired) electrons. The van der Waals surface area contributed by atoms with E-state index in [0.29, 0.717) is 11.4 Å². The van der Waals surface area contributed by atoms with Crippen LogP contribution >= 0.6 is 0 Å². The van der Waals surface area contributed by atoms with Gasteiger partial charge in [0.05, 0.1) is 15.9 Å². The first-order valence-electron chi connectivity index (χ1n) is 7.29. The van der Waals surface area contributed by atoms with Gasteiger partial charge in [0.25, 0.3) is 5.69 Å². The topological polar surface area (TPSA) is 125 Å². The van der Waals surface area contributed by atoms with Crippen LogP contribution in [0.5, 0.6) is 11.5 Å². The van der Waals surface area contributed by atoms with Crippen LogP contribution in [0.1, 0.15) is 13.8 Å². The van der Waals surface area contributed by atoms with Gasteiger partial charge in [-0.25, -0.2) is 0 Å². The molecule has 0 aromatic heterocycles. The molecule has 1 amide bonds. The molecular weight excluding hydrogens is 330 g/mol. The van der Waals surface area contributed by atoms with Crippen LogP contribution in [0.25, 0.3) is 0 Å². The fourth-order valence-corrected chi connectivity index (χ4v) is 1.87. The quantitative estimate of drug-likeness (QED) is 0.625. The Bertz CT molecular complexity index is 817. The summed E-state index contributed by atoms with van der Waals surface area (Å²) in [6.45, 7) is 3.53. The number of benzene rings is 2. The molecule has 0 saturated heterocycles. The van der Waals surface area contributed by atoms with Crippen LogP contribution in [-0.4, -0.2) is 15.8 Å². The van der Waals surface area contributed by atoms with Crippen molar-refractivity contribution >= 4 is 23.0 Å². The van der Waals surface area contributed by atoms with Crippen LogP contribution in [-0.2, 0) is 4.79 Å². The Balaban J connectivity index is 2.20. The zero-order chi connectivity index (χ0) is 18.6. The van der Waals surface area contributed by atoms with Crippen molar-refractivity contribution in [3.8, 4) is 11.5 Å². The van der Waals surface area contributed by atoms with Gasteiger partial charge in [-0.3, -0.25) is 25.0 Å². The van der Waals surface area contributed by atoms with Crippen LogP contribution in [0.3, 0.4) is 0 Å². The molecule has 0 atom stereocenters. The number of nitrogens with one attached hydrogen (secondary N) is 1. The molecule has 0 heterocycles. The maximum Gasteiger partial charge on any atom is 0.318 e.